The highest BCUT2D eigenvalue weighted by Gasteiger charge is 2.19. The van der Waals surface area contributed by atoms with E-state index in [1.54, 1.807) is 0 Å². The summed E-state index contributed by atoms with van der Waals surface area (Å²) in [5.74, 6) is 0. The van der Waals surface area contributed by atoms with Gasteiger partial charge in [0.15, 0.2) is 0 Å². The number of hydrogen-bond acceptors (Lipinski definition) is 3. The number of hydrogen-bond donors (Lipinski definition) is 1. The lowest BCUT2D eigenvalue weighted by Crippen LogP contribution is -2.44. The molecule has 94 valence electrons. The molecule has 5 heteroatoms. The van der Waals surface area contributed by atoms with Gasteiger partial charge in [0, 0.05) is 36.9 Å². The molecule has 0 amide bonds. The number of aromatic nitrogens is 2. The first kappa shape index (κ1) is 15.4. The molecular formula is C11H23ClN4. The second kappa shape index (κ2) is 5.66. The van der Waals surface area contributed by atoms with Gasteiger partial charge < -0.3 is 5.73 Å². The van der Waals surface area contributed by atoms with E-state index in [1.165, 1.54) is 5.56 Å². The van der Waals surface area contributed by atoms with Crippen LogP contribution in [0.3, 0.4) is 0 Å². The number of halogens is 1. The summed E-state index contributed by atoms with van der Waals surface area (Å²) in [5, 5.41) is 4.18. The van der Waals surface area contributed by atoms with Gasteiger partial charge in [-0.3, -0.25) is 9.58 Å². The summed E-state index contributed by atoms with van der Waals surface area (Å²) in [6.45, 7) is 7.12. The highest BCUT2D eigenvalue weighted by atomic mass is 35.5. The van der Waals surface area contributed by atoms with E-state index in [-0.39, 0.29) is 17.9 Å². The van der Waals surface area contributed by atoms with Crippen molar-refractivity contribution in [1.82, 2.24) is 14.7 Å². The van der Waals surface area contributed by atoms with Gasteiger partial charge >= 0.3 is 0 Å². The van der Waals surface area contributed by atoms with E-state index >= 15 is 0 Å². The lowest BCUT2D eigenvalue weighted by molar-refractivity contribution is 0.215. The summed E-state index contributed by atoms with van der Waals surface area (Å²) in [6, 6.07) is 0.349. The van der Waals surface area contributed by atoms with Crippen LogP contribution < -0.4 is 5.73 Å². The number of likely N-dealkylation sites (N-methyl/N-ethyl adjacent to an activating group) is 1. The van der Waals surface area contributed by atoms with E-state index in [4.69, 9.17) is 5.73 Å². The minimum atomic E-state index is -0.161. The van der Waals surface area contributed by atoms with Crippen molar-refractivity contribution >= 4 is 12.4 Å². The molecule has 16 heavy (non-hydrogen) atoms. The molecular weight excluding hydrogens is 224 g/mol. The van der Waals surface area contributed by atoms with Gasteiger partial charge in [0.05, 0.1) is 6.20 Å². The van der Waals surface area contributed by atoms with Crippen LogP contribution in [0.25, 0.3) is 0 Å². The number of nitrogens with zero attached hydrogens (tertiary/aromatic N) is 3. The predicted molar refractivity (Wildman–Crippen MR) is 69.8 cm³/mol. The van der Waals surface area contributed by atoms with Gasteiger partial charge in [0.1, 0.15) is 0 Å². The highest BCUT2D eigenvalue weighted by Crippen LogP contribution is 2.18. The highest BCUT2D eigenvalue weighted by molar-refractivity contribution is 5.85. The van der Waals surface area contributed by atoms with Crippen LogP contribution in [0.15, 0.2) is 12.4 Å². The quantitative estimate of drug-likeness (QED) is 0.878. The Labute approximate surface area is 104 Å². The van der Waals surface area contributed by atoms with Gasteiger partial charge in [0.25, 0.3) is 0 Å². The molecule has 1 atom stereocenters. The Balaban J connectivity index is 0.00000225. The van der Waals surface area contributed by atoms with Gasteiger partial charge in [-0.1, -0.05) is 0 Å². The van der Waals surface area contributed by atoms with Crippen molar-refractivity contribution in [1.29, 1.82) is 0 Å². The van der Waals surface area contributed by atoms with Crippen molar-refractivity contribution in [3.8, 4) is 0 Å². The Hall–Kier alpha value is -0.580. The molecule has 0 bridgehead atoms. The van der Waals surface area contributed by atoms with Crippen LogP contribution in [0.2, 0.25) is 0 Å². The largest absolute Gasteiger partial charge is 0.324 e. The van der Waals surface area contributed by atoms with Crippen LogP contribution in [0, 0.1) is 0 Å². The molecule has 0 radical (unpaired) electrons. The van der Waals surface area contributed by atoms with Gasteiger partial charge in [-0.15, -0.1) is 12.4 Å². The molecule has 0 aromatic carbocycles. The standard InChI is InChI=1S/C11H22N4.ClH/c1-9(10-6-13-15(5)7-10)14(4)8-11(2,3)12;/h6-7,9H,8,12H2,1-5H3;1H. The molecule has 1 aromatic rings. The fraction of sp³-hybridized carbons (Fsp3) is 0.727. The third-order valence-corrected chi connectivity index (χ3v) is 2.53. The third-order valence-electron chi connectivity index (χ3n) is 2.53. The molecule has 0 aliphatic heterocycles. The average molecular weight is 247 g/mol. The monoisotopic (exact) mass is 246 g/mol. The van der Waals surface area contributed by atoms with Crippen molar-refractivity contribution in [2.45, 2.75) is 32.4 Å². The Kier molecular flexibility index (Phi) is 5.46. The van der Waals surface area contributed by atoms with Crippen LogP contribution in [-0.2, 0) is 7.05 Å². The van der Waals surface area contributed by atoms with E-state index in [2.05, 4.69) is 24.0 Å². The average Bonchev–Trinajstić information content (AvgIpc) is 2.47. The van der Waals surface area contributed by atoms with E-state index in [1.807, 2.05) is 38.0 Å². The Bertz CT molecular complexity index is 316. The molecule has 1 unspecified atom stereocenters. The van der Waals surface area contributed by atoms with Crippen LogP contribution in [-0.4, -0.2) is 33.8 Å². The molecule has 0 saturated heterocycles. The summed E-state index contributed by atoms with van der Waals surface area (Å²) in [5.41, 5.74) is 7.06. The van der Waals surface area contributed by atoms with Crippen LogP contribution in [0.5, 0.6) is 0 Å². The molecule has 0 aliphatic carbocycles. The van der Waals surface area contributed by atoms with E-state index < -0.39 is 0 Å². The van der Waals surface area contributed by atoms with Crippen LogP contribution in [0.4, 0.5) is 0 Å². The summed E-state index contributed by atoms with van der Waals surface area (Å²) >= 11 is 0. The maximum absolute atomic E-state index is 5.99. The molecule has 4 nitrogen and oxygen atoms in total. The fourth-order valence-corrected chi connectivity index (χ4v) is 1.69. The fourth-order valence-electron chi connectivity index (χ4n) is 1.69. The van der Waals surface area contributed by atoms with E-state index in [0.717, 1.165) is 6.54 Å². The first-order valence-corrected chi connectivity index (χ1v) is 5.27. The van der Waals surface area contributed by atoms with Crippen LogP contribution in [0.1, 0.15) is 32.4 Å². The zero-order chi connectivity index (χ0) is 11.6. The van der Waals surface area contributed by atoms with Crippen molar-refractivity contribution in [3.63, 3.8) is 0 Å². The summed E-state index contributed by atoms with van der Waals surface area (Å²) in [7, 11) is 4.02. The van der Waals surface area contributed by atoms with Crippen molar-refractivity contribution in [2.75, 3.05) is 13.6 Å². The SMILES string of the molecule is CC(c1cnn(C)c1)N(C)CC(C)(C)N.Cl. The molecule has 0 aliphatic rings. The Morgan fingerprint density at radius 1 is 1.56 bits per heavy atom. The first-order valence-electron chi connectivity index (χ1n) is 5.27. The molecule has 1 heterocycles. The zero-order valence-electron chi connectivity index (χ0n) is 10.8. The summed E-state index contributed by atoms with van der Waals surface area (Å²) in [4.78, 5) is 2.25. The van der Waals surface area contributed by atoms with E-state index in [9.17, 15) is 0 Å². The smallest absolute Gasteiger partial charge is 0.0537 e. The van der Waals surface area contributed by atoms with Gasteiger partial charge in [0.2, 0.25) is 0 Å². The number of rotatable bonds is 4. The topological polar surface area (TPSA) is 47.1 Å². The van der Waals surface area contributed by atoms with Crippen LogP contribution >= 0.6 is 12.4 Å². The molecule has 1 rings (SSSR count). The molecule has 0 fully saturated rings. The molecule has 0 saturated carbocycles. The van der Waals surface area contributed by atoms with Crippen molar-refractivity contribution < 1.29 is 0 Å². The Morgan fingerprint density at radius 2 is 2.12 bits per heavy atom. The molecule has 0 spiro atoms. The predicted octanol–water partition coefficient (Wildman–Crippen LogP) is 1.57. The van der Waals surface area contributed by atoms with Gasteiger partial charge in [-0.05, 0) is 27.8 Å². The minimum absolute atomic E-state index is 0. The summed E-state index contributed by atoms with van der Waals surface area (Å²) in [6.07, 6.45) is 3.95. The second-order valence-electron chi connectivity index (χ2n) is 5.03. The second-order valence-corrected chi connectivity index (χ2v) is 5.03. The van der Waals surface area contributed by atoms with E-state index in [0.29, 0.717) is 6.04 Å². The summed E-state index contributed by atoms with van der Waals surface area (Å²) < 4.78 is 1.83. The third kappa shape index (κ3) is 4.51. The molecule has 2 N–H and O–H groups in total. The van der Waals surface area contributed by atoms with Gasteiger partial charge in [-0.25, -0.2) is 0 Å². The van der Waals surface area contributed by atoms with Crippen molar-refractivity contribution in [2.24, 2.45) is 12.8 Å². The number of nitrogens with two attached hydrogens (primary N) is 1. The minimum Gasteiger partial charge on any atom is -0.324 e. The first-order chi connectivity index (χ1) is 6.79. The maximum Gasteiger partial charge on any atom is 0.0537 e. The lowest BCUT2D eigenvalue weighted by atomic mass is 10.0. The lowest BCUT2D eigenvalue weighted by Gasteiger charge is -2.30. The normalized spacial score (nSPS) is 13.7. The maximum atomic E-state index is 5.99. The number of aryl methyl sites for hydroxylation is 1. The van der Waals surface area contributed by atoms with Gasteiger partial charge in [-0.2, -0.15) is 5.10 Å². The Morgan fingerprint density at radius 3 is 2.50 bits per heavy atom. The molecule has 1 aromatic heterocycles. The van der Waals surface area contributed by atoms with Crippen molar-refractivity contribution in [3.05, 3.63) is 18.0 Å². The zero-order valence-corrected chi connectivity index (χ0v) is 11.6.